The molecule has 0 aliphatic rings. The smallest absolute Gasteiger partial charge is 0.107 e. The summed E-state index contributed by atoms with van der Waals surface area (Å²) >= 11 is 0. The molecule has 2 atom stereocenters. The first-order valence-corrected chi connectivity index (χ1v) is 9.59. The van der Waals surface area contributed by atoms with Gasteiger partial charge >= 0.3 is 0 Å². The van der Waals surface area contributed by atoms with Crippen molar-refractivity contribution < 1.29 is 4.74 Å². The maximum Gasteiger partial charge on any atom is 0.107 e. The van der Waals surface area contributed by atoms with Crippen LogP contribution in [0.15, 0.2) is 79.4 Å². The minimum absolute atomic E-state index is 0.0468. The summed E-state index contributed by atoms with van der Waals surface area (Å²) in [5, 5.41) is 0. The molecule has 1 heterocycles. The number of ether oxygens (including phenoxy) is 1. The van der Waals surface area contributed by atoms with Crippen molar-refractivity contribution in [3.8, 4) is 0 Å². The van der Waals surface area contributed by atoms with Gasteiger partial charge in [-0.1, -0.05) is 86.8 Å². The number of hydrogen-bond acceptors (Lipinski definition) is 2. The third-order valence-corrected chi connectivity index (χ3v) is 4.70. The lowest BCUT2D eigenvalue weighted by molar-refractivity contribution is 0.0232. The fourth-order valence-corrected chi connectivity index (χ4v) is 3.34. The summed E-state index contributed by atoms with van der Waals surface area (Å²) in [6.07, 6.45) is 10.5. The van der Waals surface area contributed by atoms with Crippen LogP contribution in [0.25, 0.3) is 0 Å². The fourth-order valence-electron chi connectivity index (χ4n) is 3.34. The molecule has 1 aromatic heterocycles. The van der Waals surface area contributed by atoms with Gasteiger partial charge in [-0.05, 0) is 17.5 Å². The van der Waals surface area contributed by atoms with E-state index in [9.17, 15) is 0 Å². The number of benzene rings is 2. The molecule has 0 N–H and O–H groups in total. The zero-order valence-corrected chi connectivity index (χ0v) is 15.5. The molecule has 26 heavy (non-hydrogen) atoms. The Morgan fingerprint density at radius 1 is 0.885 bits per heavy atom. The highest BCUT2D eigenvalue weighted by molar-refractivity contribution is 5.27. The van der Waals surface area contributed by atoms with Crippen molar-refractivity contribution in [1.82, 2.24) is 9.55 Å². The molecular formula is C23H28N2O. The van der Waals surface area contributed by atoms with Gasteiger partial charge in [-0.15, -0.1) is 0 Å². The molecule has 0 spiro atoms. The maximum absolute atomic E-state index is 6.47. The van der Waals surface area contributed by atoms with Crippen LogP contribution in [0.3, 0.4) is 0 Å². The van der Waals surface area contributed by atoms with Crippen molar-refractivity contribution in [2.45, 2.75) is 44.8 Å². The SMILES string of the molecule is CCCCCCOC(c1ccccc1)C(c1ccccc1)n1ccnc1. The zero-order chi connectivity index (χ0) is 18.0. The average molecular weight is 348 g/mol. The number of imidazole rings is 1. The van der Waals surface area contributed by atoms with E-state index in [0.717, 1.165) is 13.0 Å². The molecule has 2 unspecified atom stereocenters. The first kappa shape index (κ1) is 18.4. The van der Waals surface area contributed by atoms with E-state index >= 15 is 0 Å². The van der Waals surface area contributed by atoms with Crippen molar-refractivity contribution in [2.75, 3.05) is 6.61 Å². The molecule has 0 radical (unpaired) electrons. The number of nitrogens with zero attached hydrogens (tertiary/aromatic N) is 2. The van der Waals surface area contributed by atoms with E-state index in [1.807, 2.05) is 18.7 Å². The predicted molar refractivity (Wildman–Crippen MR) is 106 cm³/mol. The van der Waals surface area contributed by atoms with E-state index < -0.39 is 0 Å². The van der Waals surface area contributed by atoms with Gasteiger partial charge in [0.05, 0.1) is 12.4 Å². The third kappa shape index (κ3) is 4.83. The van der Waals surface area contributed by atoms with E-state index in [2.05, 4.69) is 77.1 Å². The van der Waals surface area contributed by atoms with E-state index in [-0.39, 0.29) is 12.1 Å². The topological polar surface area (TPSA) is 27.1 Å². The van der Waals surface area contributed by atoms with Crippen LogP contribution >= 0.6 is 0 Å². The van der Waals surface area contributed by atoms with Crippen molar-refractivity contribution in [2.24, 2.45) is 0 Å². The maximum atomic E-state index is 6.47. The molecule has 0 aliphatic heterocycles. The van der Waals surface area contributed by atoms with Gasteiger partial charge in [0, 0.05) is 19.0 Å². The van der Waals surface area contributed by atoms with Crippen LogP contribution in [-0.4, -0.2) is 16.2 Å². The summed E-state index contributed by atoms with van der Waals surface area (Å²) in [5.74, 6) is 0. The van der Waals surface area contributed by atoms with Gasteiger partial charge in [-0.25, -0.2) is 4.98 Å². The molecule has 0 saturated heterocycles. The summed E-state index contributed by atoms with van der Waals surface area (Å²) in [6, 6.07) is 21.2. The number of unbranched alkanes of at least 4 members (excludes halogenated alkanes) is 3. The Morgan fingerprint density at radius 2 is 1.58 bits per heavy atom. The molecule has 0 amide bonds. The van der Waals surface area contributed by atoms with Crippen molar-refractivity contribution >= 4 is 0 Å². The van der Waals surface area contributed by atoms with E-state index in [4.69, 9.17) is 4.74 Å². The quantitative estimate of drug-likeness (QED) is 0.432. The highest BCUT2D eigenvalue weighted by atomic mass is 16.5. The lowest BCUT2D eigenvalue weighted by Gasteiger charge is -2.29. The third-order valence-electron chi connectivity index (χ3n) is 4.70. The van der Waals surface area contributed by atoms with E-state index in [0.29, 0.717) is 0 Å². The van der Waals surface area contributed by atoms with E-state index in [1.165, 1.54) is 30.4 Å². The molecule has 2 aromatic carbocycles. The second-order valence-electron chi connectivity index (χ2n) is 6.63. The molecule has 0 saturated carbocycles. The highest BCUT2D eigenvalue weighted by Gasteiger charge is 2.27. The minimum atomic E-state index is -0.0468. The zero-order valence-electron chi connectivity index (χ0n) is 15.5. The molecule has 3 aromatic rings. The first-order valence-electron chi connectivity index (χ1n) is 9.59. The van der Waals surface area contributed by atoms with Gasteiger partial charge in [0.15, 0.2) is 0 Å². The molecule has 3 rings (SSSR count). The average Bonchev–Trinajstić information content (AvgIpc) is 3.22. The van der Waals surface area contributed by atoms with Gasteiger partial charge in [0.25, 0.3) is 0 Å². The van der Waals surface area contributed by atoms with Gasteiger partial charge in [0.2, 0.25) is 0 Å². The summed E-state index contributed by atoms with van der Waals surface area (Å²) < 4.78 is 8.62. The predicted octanol–water partition coefficient (Wildman–Crippen LogP) is 5.81. The Balaban J connectivity index is 1.88. The Kier molecular flexibility index (Phi) is 7.03. The Morgan fingerprint density at radius 3 is 2.19 bits per heavy atom. The summed E-state index contributed by atoms with van der Waals surface area (Å²) in [4.78, 5) is 4.27. The van der Waals surface area contributed by atoms with Crippen LogP contribution in [-0.2, 0) is 4.74 Å². The number of rotatable bonds is 10. The molecule has 3 nitrogen and oxygen atoms in total. The van der Waals surface area contributed by atoms with Crippen molar-refractivity contribution in [1.29, 1.82) is 0 Å². The van der Waals surface area contributed by atoms with Gasteiger partial charge in [0.1, 0.15) is 6.10 Å². The van der Waals surface area contributed by atoms with Gasteiger partial charge in [-0.3, -0.25) is 0 Å². The summed E-state index contributed by atoms with van der Waals surface area (Å²) in [6.45, 7) is 3.01. The standard InChI is InChI=1S/C23H28N2O/c1-2-3-4-11-18-26-23(21-14-9-6-10-15-21)22(25-17-16-24-19-25)20-12-7-5-8-13-20/h5-10,12-17,19,22-23H,2-4,11,18H2,1H3. The fraction of sp³-hybridized carbons (Fsp3) is 0.348. The summed E-state index contributed by atoms with van der Waals surface area (Å²) in [5.41, 5.74) is 2.43. The lowest BCUT2D eigenvalue weighted by atomic mass is 9.95. The highest BCUT2D eigenvalue weighted by Crippen LogP contribution is 2.35. The van der Waals surface area contributed by atoms with Crippen LogP contribution in [0.4, 0.5) is 0 Å². The number of hydrogen-bond donors (Lipinski definition) is 0. The number of aromatic nitrogens is 2. The summed E-state index contributed by atoms with van der Waals surface area (Å²) in [7, 11) is 0. The molecule has 0 bridgehead atoms. The van der Waals surface area contributed by atoms with Crippen LogP contribution in [0.5, 0.6) is 0 Å². The van der Waals surface area contributed by atoms with Crippen molar-refractivity contribution in [3.63, 3.8) is 0 Å². The van der Waals surface area contributed by atoms with Crippen molar-refractivity contribution in [3.05, 3.63) is 90.5 Å². The van der Waals surface area contributed by atoms with Crippen LogP contribution in [0.2, 0.25) is 0 Å². The van der Waals surface area contributed by atoms with Gasteiger partial charge in [-0.2, -0.15) is 0 Å². The lowest BCUT2D eigenvalue weighted by Crippen LogP contribution is -2.21. The Hall–Kier alpha value is -2.39. The second-order valence-corrected chi connectivity index (χ2v) is 6.63. The van der Waals surface area contributed by atoms with Crippen LogP contribution in [0, 0.1) is 0 Å². The molecule has 0 fully saturated rings. The van der Waals surface area contributed by atoms with E-state index in [1.54, 1.807) is 0 Å². The molecule has 0 aliphatic carbocycles. The second kappa shape index (κ2) is 9.93. The monoisotopic (exact) mass is 348 g/mol. The normalized spacial score (nSPS) is 13.4. The molecule has 136 valence electrons. The minimum Gasteiger partial charge on any atom is -0.371 e. The van der Waals surface area contributed by atoms with Crippen LogP contribution in [0.1, 0.15) is 55.9 Å². The molecular weight excluding hydrogens is 320 g/mol. The first-order chi connectivity index (χ1) is 12.9. The Bertz CT molecular complexity index is 725. The molecule has 3 heteroatoms. The Labute approximate surface area is 156 Å². The van der Waals surface area contributed by atoms with Crippen LogP contribution < -0.4 is 0 Å². The van der Waals surface area contributed by atoms with Gasteiger partial charge < -0.3 is 9.30 Å². The largest absolute Gasteiger partial charge is 0.371 e.